The third kappa shape index (κ3) is 4.97. The molecule has 1 aromatic carbocycles. The SMILES string of the molecule is CCOc1ccc(C(=O)CCC(=O)N(C)Cc2nnc3n2CCCCC3)cc1. The van der Waals surface area contributed by atoms with Crippen molar-refractivity contribution in [3.63, 3.8) is 0 Å². The van der Waals surface area contributed by atoms with Gasteiger partial charge in [0, 0.05) is 38.4 Å². The molecule has 1 aliphatic heterocycles. The number of amides is 1. The van der Waals surface area contributed by atoms with E-state index in [0.717, 1.165) is 43.2 Å². The molecule has 2 heterocycles. The number of ether oxygens (including phenoxy) is 1. The van der Waals surface area contributed by atoms with E-state index >= 15 is 0 Å². The van der Waals surface area contributed by atoms with E-state index in [-0.39, 0.29) is 24.5 Å². The molecule has 1 aromatic heterocycles. The van der Waals surface area contributed by atoms with Gasteiger partial charge in [-0.1, -0.05) is 6.42 Å². The van der Waals surface area contributed by atoms with Crippen molar-refractivity contribution >= 4 is 11.7 Å². The monoisotopic (exact) mass is 384 g/mol. The van der Waals surface area contributed by atoms with Crippen LogP contribution in [0.2, 0.25) is 0 Å². The summed E-state index contributed by atoms with van der Waals surface area (Å²) in [6.07, 6.45) is 4.78. The predicted molar refractivity (Wildman–Crippen MR) is 105 cm³/mol. The molecule has 0 aliphatic carbocycles. The van der Waals surface area contributed by atoms with Crippen LogP contribution in [0.5, 0.6) is 5.75 Å². The van der Waals surface area contributed by atoms with Crippen LogP contribution in [0.25, 0.3) is 0 Å². The Hall–Kier alpha value is -2.70. The van der Waals surface area contributed by atoms with Crippen LogP contribution in [-0.2, 0) is 24.3 Å². The molecule has 0 N–H and O–H groups in total. The molecule has 0 unspecified atom stereocenters. The van der Waals surface area contributed by atoms with E-state index < -0.39 is 0 Å². The largest absolute Gasteiger partial charge is 0.494 e. The number of aromatic nitrogens is 3. The van der Waals surface area contributed by atoms with Crippen molar-refractivity contribution < 1.29 is 14.3 Å². The van der Waals surface area contributed by atoms with Gasteiger partial charge in [0.05, 0.1) is 13.2 Å². The smallest absolute Gasteiger partial charge is 0.223 e. The van der Waals surface area contributed by atoms with Gasteiger partial charge in [-0.2, -0.15) is 0 Å². The van der Waals surface area contributed by atoms with E-state index in [1.165, 1.54) is 6.42 Å². The van der Waals surface area contributed by atoms with Crippen molar-refractivity contribution in [2.45, 2.75) is 58.5 Å². The average Bonchev–Trinajstić information content (AvgIpc) is 2.92. The molecule has 28 heavy (non-hydrogen) atoms. The first kappa shape index (κ1) is 20.0. The Kier molecular flexibility index (Phi) is 6.79. The van der Waals surface area contributed by atoms with E-state index in [0.29, 0.717) is 18.7 Å². The Labute approximate surface area is 165 Å². The number of Topliss-reactive ketones (excluding diaryl/α,β-unsaturated/α-hetero) is 1. The molecule has 0 saturated carbocycles. The van der Waals surface area contributed by atoms with E-state index in [1.54, 1.807) is 36.2 Å². The van der Waals surface area contributed by atoms with Crippen LogP contribution in [0, 0.1) is 0 Å². The molecule has 1 amide bonds. The second-order valence-corrected chi connectivity index (χ2v) is 7.13. The predicted octanol–water partition coefficient (Wildman–Crippen LogP) is 3.02. The van der Waals surface area contributed by atoms with Crippen LogP contribution in [0.4, 0.5) is 0 Å². The number of hydrogen-bond donors (Lipinski definition) is 0. The molecule has 0 bridgehead atoms. The number of rotatable bonds is 8. The van der Waals surface area contributed by atoms with Gasteiger partial charge in [-0.25, -0.2) is 0 Å². The number of nitrogens with zero attached hydrogens (tertiary/aromatic N) is 4. The zero-order valence-corrected chi connectivity index (χ0v) is 16.7. The van der Waals surface area contributed by atoms with Gasteiger partial charge in [-0.15, -0.1) is 10.2 Å². The van der Waals surface area contributed by atoms with Crippen molar-refractivity contribution in [3.05, 3.63) is 41.5 Å². The minimum atomic E-state index is -0.0646. The van der Waals surface area contributed by atoms with Crippen molar-refractivity contribution in [2.75, 3.05) is 13.7 Å². The van der Waals surface area contributed by atoms with Gasteiger partial charge < -0.3 is 14.2 Å². The van der Waals surface area contributed by atoms with Gasteiger partial charge in [-0.3, -0.25) is 9.59 Å². The summed E-state index contributed by atoms with van der Waals surface area (Å²) >= 11 is 0. The summed E-state index contributed by atoms with van der Waals surface area (Å²) in [6, 6.07) is 7.04. The summed E-state index contributed by atoms with van der Waals surface area (Å²) in [4.78, 5) is 26.5. The lowest BCUT2D eigenvalue weighted by atomic mass is 10.1. The van der Waals surface area contributed by atoms with Crippen LogP contribution in [0.1, 0.15) is 61.0 Å². The first-order valence-corrected chi connectivity index (χ1v) is 9.99. The maximum absolute atomic E-state index is 12.5. The van der Waals surface area contributed by atoms with Crippen LogP contribution in [-0.4, -0.2) is 45.0 Å². The normalized spacial score (nSPS) is 13.5. The number of fused-ring (bicyclic) bond motifs is 1. The second-order valence-electron chi connectivity index (χ2n) is 7.13. The van der Waals surface area contributed by atoms with Gasteiger partial charge in [0.15, 0.2) is 11.6 Å². The Balaban J connectivity index is 1.51. The van der Waals surface area contributed by atoms with Gasteiger partial charge in [0.25, 0.3) is 0 Å². The Morgan fingerprint density at radius 2 is 1.89 bits per heavy atom. The summed E-state index contributed by atoms with van der Waals surface area (Å²) in [6.45, 7) is 3.83. The summed E-state index contributed by atoms with van der Waals surface area (Å²) in [5.74, 6) is 2.47. The molecule has 1 aliphatic rings. The van der Waals surface area contributed by atoms with Crippen LogP contribution < -0.4 is 4.74 Å². The first-order valence-electron chi connectivity index (χ1n) is 9.99. The third-order valence-corrected chi connectivity index (χ3v) is 5.04. The lowest BCUT2D eigenvalue weighted by molar-refractivity contribution is -0.130. The number of carbonyl (C=O) groups excluding carboxylic acids is 2. The topological polar surface area (TPSA) is 77.3 Å². The number of aryl methyl sites for hydroxylation is 1. The van der Waals surface area contributed by atoms with E-state index in [9.17, 15) is 9.59 Å². The fourth-order valence-corrected chi connectivity index (χ4v) is 3.42. The zero-order valence-electron chi connectivity index (χ0n) is 16.7. The maximum atomic E-state index is 12.5. The Morgan fingerprint density at radius 3 is 2.64 bits per heavy atom. The lowest BCUT2D eigenvalue weighted by Crippen LogP contribution is -2.28. The molecule has 7 nitrogen and oxygen atoms in total. The summed E-state index contributed by atoms with van der Waals surface area (Å²) in [5, 5.41) is 8.54. The quantitative estimate of drug-likeness (QED) is 0.654. The van der Waals surface area contributed by atoms with Crippen molar-refractivity contribution in [3.8, 4) is 5.75 Å². The van der Waals surface area contributed by atoms with E-state index in [1.807, 2.05) is 6.92 Å². The molecule has 150 valence electrons. The highest BCUT2D eigenvalue weighted by Gasteiger charge is 2.19. The molecule has 0 atom stereocenters. The molecule has 0 spiro atoms. The molecular weight excluding hydrogens is 356 g/mol. The number of benzene rings is 1. The minimum Gasteiger partial charge on any atom is -0.494 e. The number of ketones is 1. The highest BCUT2D eigenvalue weighted by molar-refractivity contribution is 5.98. The van der Waals surface area contributed by atoms with E-state index in [4.69, 9.17) is 4.74 Å². The first-order chi connectivity index (χ1) is 13.6. The van der Waals surface area contributed by atoms with Gasteiger partial charge in [0.2, 0.25) is 5.91 Å². The fourth-order valence-electron chi connectivity index (χ4n) is 3.42. The fraction of sp³-hybridized carbons (Fsp3) is 0.524. The van der Waals surface area contributed by atoms with Crippen molar-refractivity contribution in [2.24, 2.45) is 0 Å². The molecule has 3 rings (SSSR count). The van der Waals surface area contributed by atoms with Gasteiger partial charge in [-0.05, 0) is 44.0 Å². The highest BCUT2D eigenvalue weighted by Crippen LogP contribution is 2.17. The van der Waals surface area contributed by atoms with Crippen LogP contribution in [0.3, 0.4) is 0 Å². The van der Waals surface area contributed by atoms with Crippen LogP contribution in [0.15, 0.2) is 24.3 Å². The number of carbonyl (C=O) groups is 2. The summed E-state index contributed by atoms with van der Waals surface area (Å²) in [5.41, 5.74) is 0.599. The summed E-state index contributed by atoms with van der Waals surface area (Å²) < 4.78 is 7.52. The van der Waals surface area contributed by atoms with Gasteiger partial charge in [0.1, 0.15) is 11.6 Å². The molecule has 0 fully saturated rings. The zero-order chi connectivity index (χ0) is 19.9. The molecular formula is C21H28N4O3. The van der Waals surface area contributed by atoms with Crippen molar-refractivity contribution in [1.29, 1.82) is 0 Å². The molecule has 2 aromatic rings. The standard InChI is InChI=1S/C21H28N4O3/c1-3-28-17-10-8-16(9-11-17)18(26)12-13-21(27)24(2)15-20-23-22-19-7-5-4-6-14-25(19)20/h8-11H,3-7,12-15H2,1-2H3. The Bertz CT molecular complexity index is 814. The van der Waals surface area contributed by atoms with E-state index in [2.05, 4.69) is 14.8 Å². The molecule has 7 heteroatoms. The van der Waals surface area contributed by atoms with Crippen molar-refractivity contribution in [1.82, 2.24) is 19.7 Å². The Morgan fingerprint density at radius 1 is 1.11 bits per heavy atom. The molecule has 0 radical (unpaired) electrons. The maximum Gasteiger partial charge on any atom is 0.223 e. The lowest BCUT2D eigenvalue weighted by Gasteiger charge is -2.17. The minimum absolute atomic E-state index is 0.0406. The second kappa shape index (κ2) is 9.48. The number of hydrogen-bond acceptors (Lipinski definition) is 5. The van der Waals surface area contributed by atoms with Gasteiger partial charge >= 0.3 is 0 Å². The van der Waals surface area contributed by atoms with Crippen LogP contribution >= 0.6 is 0 Å². The highest BCUT2D eigenvalue weighted by atomic mass is 16.5. The third-order valence-electron chi connectivity index (χ3n) is 5.04. The average molecular weight is 384 g/mol. The molecule has 0 saturated heterocycles. The summed E-state index contributed by atoms with van der Waals surface area (Å²) in [7, 11) is 1.75.